The van der Waals surface area contributed by atoms with Crippen molar-refractivity contribution in [1.82, 2.24) is 15.0 Å². The number of hydrogen-bond donors (Lipinski definition) is 0. The number of nitrogens with zero attached hydrogens (tertiary/aromatic N) is 3. The summed E-state index contributed by atoms with van der Waals surface area (Å²) in [5.41, 5.74) is -0.141. The Hall–Kier alpha value is -2.32. The number of aryl methyl sites for hydroxylation is 1. The molecule has 0 spiro atoms. The quantitative estimate of drug-likeness (QED) is 0.599. The van der Waals surface area contributed by atoms with Crippen molar-refractivity contribution in [3.8, 4) is 11.6 Å². The standard InChI is InChI=1S/C14H13Cl2N3O5/c1-7(2)13(20)23-24-14(21)11-12(17-18-19(11)3)22-8-4-5-9(15)10(16)6-8/h4-7H,1-3H3. The third kappa shape index (κ3) is 4.15. The highest BCUT2D eigenvalue weighted by Gasteiger charge is 2.25. The molecule has 0 N–H and O–H groups in total. The molecule has 128 valence electrons. The Morgan fingerprint density at radius 2 is 1.88 bits per heavy atom. The third-order valence-corrected chi connectivity index (χ3v) is 3.50. The van der Waals surface area contributed by atoms with Gasteiger partial charge in [0.15, 0.2) is 0 Å². The zero-order valence-corrected chi connectivity index (χ0v) is 14.5. The molecule has 0 aliphatic heterocycles. The summed E-state index contributed by atoms with van der Waals surface area (Å²) in [6.45, 7) is 3.20. The minimum absolute atomic E-state index is 0.138. The molecule has 0 aliphatic carbocycles. The van der Waals surface area contributed by atoms with Crippen LogP contribution in [0.3, 0.4) is 0 Å². The van der Waals surface area contributed by atoms with Gasteiger partial charge >= 0.3 is 11.9 Å². The molecule has 0 radical (unpaired) electrons. The number of rotatable bonds is 4. The molecule has 0 unspecified atom stereocenters. The zero-order valence-electron chi connectivity index (χ0n) is 12.9. The van der Waals surface area contributed by atoms with Gasteiger partial charge in [-0.2, -0.15) is 0 Å². The third-order valence-electron chi connectivity index (χ3n) is 2.77. The monoisotopic (exact) mass is 373 g/mol. The number of halogens is 2. The van der Waals surface area contributed by atoms with Gasteiger partial charge in [0.1, 0.15) is 5.75 Å². The number of carbonyl (C=O) groups excluding carboxylic acids is 2. The van der Waals surface area contributed by atoms with Crippen molar-refractivity contribution in [1.29, 1.82) is 0 Å². The Balaban J connectivity index is 2.17. The zero-order chi connectivity index (χ0) is 17.9. The molecule has 1 aromatic heterocycles. The summed E-state index contributed by atoms with van der Waals surface area (Å²) < 4.78 is 6.59. The summed E-state index contributed by atoms with van der Waals surface area (Å²) in [5.74, 6) is -1.97. The highest BCUT2D eigenvalue weighted by Crippen LogP contribution is 2.30. The van der Waals surface area contributed by atoms with Crippen LogP contribution in [-0.4, -0.2) is 26.9 Å². The number of ether oxygens (including phenoxy) is 1. The minimum atomic E-state index is -0.980. The molecule has 10 heteroatoms. The second-order valence-corrected chi connectivity index (χ2v) is 5.79. The van der Waals surface area contributed by atoms with Gasteiger partial charge in [-0.3, -0.25) is 0 Å². The predicted octanol–water partition coefficient (Wildman–Crippen LogP) is 3.19. The average molecular weight is 374 g/mol. The Morgan fingerprint density at radius 3 is 2.50 bits per heavy atom. The number of aromatic nitrogens is 3. The van der Waals surface area contributed by atoms with Gasteiger partial charge < -0.3 is 4.74 Å². The molecule has 2 aromatic rings. The van der Waals surface area contributed by atoms with Gasteiger partial charge in [-0.15, -0.1) is 0 Å². The summed E-state index contributed by atoms with van der Waals surface area (Å²) in [4.78, 5) is 32.3. The van der Waals surface area contributed by atoms with Crippen molar-refractivity contribution in [2.45, 2.75) is 13.8 Å². The predicted molar refractivity (Wildman–Crippen MR) is 83.9 cm³/mol. The van der Waals surface area contributed by atoms with E-state index in [9.17, 15) is 9.59 Å². The molecule has 0 atom stereocenters. The van der Waals surface area contributed by atoms with E-state index in [1.54, 1.807) is 13.8 Å². The summed E-state index contributed by atoms with van der Waals surface area (Å²) >= 11 is 11.7. The topological polar surface area (TPSA) is 92.5 Å². The van der Waals surface area contributed by atoms with Crippen LogP contribution < -0.4 is 4.74 Å². The van der Waals surface area contributed by atoms with Crippen LogP contribution in [-0.2, 0) is 21.6 Å². The molecule has 2 rings (SSSR count). The fourth-order valence-corrected chi connectivity index (χ4v) is 1.78. The average Bonchev–Trinajstić information content (AvgIpc) is 2.88. The van der Waals surface area contributed by atoms with E-state index in [1.807, 2.05) is 0 Å². The lowest BCUT2D eigenvalue weighted by Crippen LogP contribution is -2.18. The molecule has 1 aromatic carbocycles. The van der Waals surface area contributed by atoms with E-state index in [1.165, 1.54) is 25.2 Å². The van der Waals surface area contributed by atoms with Crippen LogP contribution in [0.15, 0.2) is 18.2 Å². The van der Waals surface area contributed by atoms with E-state index in [0.717, 1.165) is 4.68 Å². The molecule has 0 fully saturated rings. The highest BCUT2D eigenvalue weighted by atomic mass is 35.5. The van der Waals surface area contributed by atoms with Crippen LogP contribution in [0.5, 0.6) is 11.6 Å². The lowest BCUT2D eigenvalue weighted by atomic mass is 10.2. The maximum atomic E-state index is 12.1. The molecule has 0 amide bonds. The first-order chi connectivity index (χ1) is 11.3. The molecule has 0 saturated heterocycles. The SMILES string of the molecule is CC(C)C(=O)OOC(=O)c1c(Oc2ccc(Cl)c(Cl)c2)nnn1C. The first-order valence-electron chi connectivity index (χ1n) is 6.75. The lowest BCUT2D eigenvalue weighted by Gasteiger charge is -2.07. The Labute approximate surface area is 147 Å². The number of benzene rings is 1. The largest absolute Gasteiger partial charge is 0.436 e. The van der Waals surface area contributed by atoms with Gasteiger partial charge in [0.2, 0.25) is 5.69 Å². The molecule has 1 heterocycles. The van der Waals surface area contributed by atoms with Crippen molar-refractivity contribution in [3.05, 3.63) is 33.9 Å². The van der Waals surface area contributed by atoms with E-state index in [4.69, 9.17) is 27.9 Å². The van der Waals surface area contributed by atoms with Gasteiger partial charge in [-0.1, -0.05) is 47.4 Å². The fourth-order valence-electron chi connectivity index (χ4n) is 1.49. The van der Waals surface area contributed by atoms with Crippen LogP contribution >= 0.6 is 23.2 Å². The van der Waals surface area contributed by atoms with Crippen molar-refractivity contribution < 1.29 is 24.1 Å². The van der Waals surface area contributed by atoms with Crippen LogP contribution in [0.1, 0.15) is 24.3 Å². The van der Waals surface area contributed by atoms with E-state index in [2.05, 4.69) is 20.1 Å². The Morgan fingerprint density at radius 1 is 1.17 bits per heavy atom. The molecule has 0 saturated carbocycles. The maximum Gasteiger partial charge on any atom is 0.409 e. The van der Waals surface area contributed by atoms with E-state index < -0.39 is 17.9 Å². The summed E-state index contributed by atoms with van der Waals surface area (Å²) in [6.07, 6.45) is 0. The first kappa shape index (κ1) is 18.0. The normalized spacial score (nSPS) is 10.6. The smallest absolute Gasteiger partial charge is 0.409 e. The molecule has 0 bridgehead atoms. The van der Waals surface area contributed by atoms with Gasteiger partial charge in [-0.25, -0.2) is 24.0 Å². The Kier molecular flexibility index (Phi) is 5.63. The van der Waals surface area contributed by atoms with Crippen molar-refractivity contribution in [2.75, 3.05) is 0 Å². The van der Waals surface area contributed by atoms with E-state index >= 15 is 0 Å². The van der Waals surface area contributed by atoms with E-state index in [-0.39, 0.29) is 22.3 Å². The van der Waals surface area contributed by atoms with Crippen molar-refractivity contribution in [3.63, 3.8) is 0 Å². The van der Waals surface area contributed by atoms with Gasteiger partial charge in [0.05, 0.1) is 16.0 Å². The van der Waals surface area contributed by atoms with E-state index in [0.29, 0.717) is 5.02 Å². The van der Waals surface area contributed by atoms with Crippen LogP contribution in [0.4, 0.5) is 0 Å². The lowest BCUT2D eigenvalue weighted by molar-refractivity contribution is -0.237. The number of carbonyl (C=O) groups is 2. The first-order valence-corrected chi connectivity index (χ1v) is 7.50. The van der Waals surface area contributed by atoms with Crippen LogP contribution in [0.2, 0.25) is 10.0 Å². The molecular weight excluding hydrogens is 361 g/mol. The summed E-state index contributed by atoms with van der Waals surface area (Å²) in [5, 5.41) is 8.02. The second-order valence-electron chi connectivity index (χ2n) is 4.97. The number of hydrogen-bond acceptors (Lipinski definition) is 7. The van der Waals surface area contributed by atoms with Crippen LogP contribution in [0, 0.1) is 5.92 Å². The molecular formula is C14H13Cl2N3O5. The fraction of sp³-hybridized carbons (Fsp3) is 0.286. The summed E-state index contributed by atoms with van der Waals surface area (Å²) in [6, 6.07) is 4.52. The summed E-state index contributed by atoms with van der Waals surface area (Å²) in [7, 11) is 1.45. The Bertz CT molecular complexity index is 776. The van der Waals surface area contributed by atoms with Crippen molar-refractivity contribution in [2.24, 2.45) is 13.0 Å². The molecule has 24 heavy (non-hydrogen) atoms. The highest BCUT2D eigenvalue weighted by molar-refractivity contribution is 6.42. The maximum absolute atomic E-state index is 12.1. The van der Waals surface area contributed by atoms with Crippen molar-refractivity contribution >= 4 is 35.1 Å². The molecule has 0 aliphatic rings. The van der Waals surface area contributed by atoms with Crippen LogP contribution in [0.25, 0.3) is 0 Å². The van der Waals surface area contributed by atoms with Gasteiger partial charge in [0.25, 0.3) is 5.88 Å². The minimum Gasteiger partial charge on any atom is -0.436 e. The second kappa shape index (κ2) is 7.50. The van der Waals surface area contributed by atoms with Gasteiger partial charge in [-0.05, 0) is 12.1 Å². The molecule has 8 nitrogen and oxygen atoms in total. The van der Waals surface area contributed by atoms with Gasteiger partial charge in [0, 0.05) is 13.1 Å².